The molecule has 1 aliphatic rings. The van der Waals surface area contributed by atoms with E-state index in [0.717, 1.165) is 18.7 Å². The first-order valence-electron chi connectivity index (χ1n) is 8.85. The molecule has 3 heteroatoms. The maximum Gasteiger partial charge on any atom is 0.0868 e. The molecule has 3 rings (SSSR count). The molecular formula is C21H28N2O. The number of aliphatic hydroxyl groups excluding tert-OH is 1. The highest BCUT2D eigenvalue weighted by molar-refractivity contribution is 5.52. The van der Waals surface area contributed by atoms with Crippen LogP contribution in [0.15, 0.2) is 48.5 Å². The highest BCUT2D eigenvalue weighted by atomic mass is 16.3. The van der Waals surface area contributed by atoms with Gasteiger partial charge in [0.1, 0.15) is 0 Å². The van der Waals surface area contributed by atoms with Crippen molar-refractivity contribution < 1.29 is 5.11 Å². The predicted octanol–water partition coefficient (Wildman–Crippen LogP) is 3.91. The zero-order valence-electron chi connectivity index (χ0n) is 14.9. The number of hydrogen-bond donors (Lipinski definition) is 2. The summed E-state index contributed by atoms with van der Waals surface area (Å²) in [5.74, 6) is 0. The lowest BCUT2D eigenvalue weighted by Gasteiger charge is -2.40. The first kappa shape index (κ1) is 17.0. The van der Waals surface area contributed by atoms with Gasteiger partial charge in [-0.15, -0.1) is 0 Å². The molecule has 0 aromatic heterocycles. The molecule has 128 valence electrons. The first-order chi connectivity index (χ1) is 11.5. The molecule has 2 aromatic rings. The van der Waals surface area contributed by atoms with E-state index in [2.05, 4.69) is 73.5 Å². The smallest absolute Gasteiger partial charge is 0.0868 e. The van der Waals surface area contributed by atoms with Crippen LogP contribution in [0.3, 0.4) is 0 Å². The Morgan fingerprint density at radius 2 is 1.88 bits per heavy atom. The number of nitrogens with zero attached hydrogens (tertiary/aromatic N) is 1. The van der Waals surface area contributed by atoms with E-state index in [4.69, 9.17) is 0 Å². The number of aryl methyl sites for hydroxylation is 2. The molecule has 3 atom stereocenters. The zero-order chi connectivity index (χ0) is 17.1. The molecule has 24 heavy (non-hydrogen) atoms. The SMILES string of the molecule is Cc1ccc(NC2CCN(C(C)c3ccccc3)CC2O)c(C)c1. The Labute approximate surface area is 145 Å². The largest absolute Gasteiger partial charge is 0.390 e. The number of aliphatic hydroxyl groups is 1. The second-order valence-corrected chi connectivity index (χ2v) is 7.01. The van der Waals surface area contributed by atoms with E-state index in [1.54, 1.807) is 0 Å². The second kappa shape index (κ2) is 7.37. The average molecular weight is 324 g/mol. The zero-order valence-corrected chi connectivity index (χ0v) is 14.9. The fourth-order valence-corrected chi connectivity index (χ4v) is 3.59. The van der Waals surface area contributed by atoms with Crippen molar-refractivity contribution in [3.05, 3.63) is 65.2 Å². The summed E-state index contributed by atoms with van der Waals surface area (Å²) in [6.07, 6.45) is 0.594. The maximum absolute atomic E-state index is 10.6. The van der Waals surface area contributed by atoms with Crippen LogP contribution in [-0.2, 0) is 0 Å². The Kier molecular flexibility index (Phi) is 5.22. The molecule has 0 spiro atoms. The topological polar surface area (TPSA) is 35.5 Å². The molecule has 1 heterocycles. The molecule has 0 saturated carbocycles. The summed E-state index contributed by atoms with van der Waals surface area (Å²) in [5, 5.41) is 14.2. The van der Waals surface area contributed by atoms with Gasteiger partial charge in [-0.1, -0.05) is 48.0 Å². The summed E-state index contributed by atoms with van der Waals surface area (Å²) in [6.45, 7) is 8.15. The second-order valence-electron chi connectivity index (χ2n) is 7.01. The molecule has 1 aliphatic heterocycles. The van der Waals surface area contributed by atoms with E-state index in [1.165, 1.54) is 16.7 Å². The lowest BCUT2D eigenvalue weighted by molar-refractivity contribution is 0.0407. The van der Waals surface area contributed by atoms with Crippen molar-refractivity contribution in [3.8, 4) is 0 Å². The molecule has 0 bridgehead atoms. The van der Waals surface area contributed by atoms with Crippen LogP contribution in [0, 0.1) is 13.8 Å². The van der Waals surface area contributed by atoms with Crippen molar-refractivity contribution in [3.63, 3.8) is 0 Å². The molecule has 1 fully saturated rings. The third-order valence-corrected chi connectivity index (χ3v) is 5.17. The van der Waals surface area contributed by atoms with E-state index in [9.17, 15) is 5.11 Å². The van der Waals surface area contributed by atoms with Crippen LogP contribution in [0.2, 0.25) is 0 Å². The maximum atomic E-state index is 10.6. The van der Waals surface area contributed by atoms with Crippen LogP contribution in [0.1, 0.15) is 36.1 Å². The van der Waals surface area contributed by atoms with Gasteiger partial charge in [0.15, 0.2) is 0 Å². The normalized spacial score (nSPS) is 23.0. The van der Waals surface area contributed by atoms with Gasteiger partial charge < -0.3 is 10.4 Å². The highest BCUT2D eigenvalue weighted by Crippen LogP contribution is 2.26. The van der Waals surface area contributed by atoms with Crippen LogP contribution in [0.25, 0.3) is 0 Å². The van der Waals surface area contributed by atoms with Crippen molar-refractivity contribution >= 4 is 5.69 Å². The standard InChI is InChI=1S/C21H28N2O/c1-15-9-10-19(16(2)13-15)22-20-11-12-23(14-21(20)24)17(3)18-7-5-4-6-8-18/h4-10,13,17,20-22,24H,11-12,14H2,1-3H3. The Bertz CT molecular complexity index is 671. The lowest BCUT2D eigenvalue weighted by atomic mass is 9.97. The Morgan fingerprint density at radius 3 is 2.54 bits per heavy atom. The van der Waals surface area contributed by atoms with Gasteiger partial charge >= 0.3 is 0 Å². The van der Waals surface area contributed by atoms with Gasteiger partial charge in [-0.25, -0.2) is 0 Å². The van der Waals surface area contributed by atoms with Crippen molar-refractivity contribution in [2.45, 2.75) is 45.4 Å². The molecular weight excluding hydrogens is 296 g/mol. The summed E-state index contributed by atoms with van der Waals surface area (Å²) in [7, 11) is 0. The van der Waals surface area contributed by atoms with Gasteiger partial charge in [0.2, 0.25) is 0 Å². The third kappa shape index (κ3) is 3.80. The Hall–Kier alpha value is -1.84. The summed E-state index contributed by atoms with van der Waals surface area (Å²) < 4.78 is 0. The van der Waals surface area contributed by atoms with E-state index < -0.39 is 0 Å². The molecule has 1 saturated heterocycles. The minimum absolute atomic E-state index is 0.116. The minimum Gasteiger partial charge on any atom is -0.390 e. The molecule has 3 unspecified atom stereocenters. The van der Waals surface area contributed by atoms with Gasteiger partial charge in [-0.2, -0.15) is 0 Å². The number of β-amino-alcohol motifs (C(OH)–C–C–N with tert-alkyl or cyclic N) is 1. The predicted molar refractivity (Wildman–Crippen MR) is 100 cm³/mol. The van der Waals surface area contributed by atoms with Gasteiger partial charge in [-0.3, -0.25) is 4.90 Å². The van der Waals surface area contributed by atoms with Crippen LogP contribution < -0.4 is 5.32 Å². The number of rotatable bonds is 4. The lowest BCUT2D eigenvalue weighted by Crippen LogP contribution is -2.50. The first-order valence-corrected chi connectivity index (χ1v) is 8.85. The van der Waals surface area contributed by atoms with Crippen LogP contribution in [0.5, 0.6) is 0 Å². The van der Waals surface area contributed by atoms with Crippen molar-refractivity contribution in [2.24, 2.45) is 0 Å². The van der Waals surface area contributed by atoms with Crippen LogP contribution in [-0.4, -0.2) is 35.2 Å². The fourth-order valence-electron chi connectivity index (χ4n) is 3.59. The number of nitrogens with one attached hydrogen (secondary N) is 1. The Balaban J connectivity index is 1.63. The van der Waals surface area contributed by atoms with Crippen molar-refractivity contribution in [2.75, 3.05) is 18.4 Å². The number of benzene rings is 2. The van der Waals surface area contributed by atoms with Crippen molar-refractivity contribution in [1.29, 1.82) is 0 Å². The summed E-state index contributed by atoms with van der Waals surface area (Å²) in [4.78, 5) is 2.38. The average Bonchev–Trinajstić information content (AvgIpc) is 2.59. The molecule has 2 aromatic carbocycles. The van der Waals surface area contributed by atoms with E-state index >= 15 is 0 Å². The van der Waals surface area contributed by atoms with Crippen molar-refractivity contribution in [1.82, 2.24) is 4.90 Å². The minimum atomic E-state index is -0.356. The number of piperidine rings is 1. The van der Waals surface area contributed by atoms with E-state index in [0.29, 0.717) is 12.6 Å². The van der Waals surface area contributed by atoms with E-state index in [-0.39, 0.29) is 12.1 Å². The third-order valence-electron chi connectivity index (χ3n) is 5.17. The quantitative estimate of drug-likeness (QED) is 0.895. The molecule has 0 amide bonds. The number of likely N-dealkylation sites (tertiary alicyclic amines) is 1. The van der Waals surface area contributed by atoms with Gasteiger partial charge in [0, 0.05) is 24.8 Å². The number of hydrogen-bond acceptors (Lipinski definition) is 3. The summed E-state index contributed by atoms with van der Waals surface area (Å²) >= 11 is 0. The van der Waals surface area contributed by atoms with Gasteiger partial charge in [-0.05, 0) is 44.4 Å². The fraction of sp³-hybridized carbons (Fsp3) is 0.429. The molecule has 2 N–H and O–H groups in total. The molecule has 3 nitrogen and oxygen atoms in total. The monoisotopic (exact) mass is 324 g/mol. The summed E-state index contributed by atoms with van der Waals surface area (Å²) in [6, 6.07) is 17.4. The van der Waals surface area contributed by atoms with Gasteiger partial charge in [0.25, 0.3) is 0 Å². The van der Waals surface area contributed by atoms with Gasteiger partial charge in [0.05, 0.1) is 12.1 Å². The highest BCUT2D eigenvalue weighted by Gasteiger charge is 2.30. The molecule has 0 radical (unpaired) electrons. The molecule has 0 aliphatic carbocycles. The number of anilines is 1. The Morgan fingerprint density at radius 1 is 1.12 bits per heavy atom. The van der Waals surface area contributed by atoms with Crippen LogP contribution >= 0.6 is 0 Å². The van der Waals surface area contributed by atoms with Crippen LogP contribution in [0.4, 0.5) is 5.69 Å². The van der Waals surface area contributed by atoms with E-state index in [1.807, 2.05) is 6.07 Å². The summed E-state index contributed by atoms with van der Waals surface area (Å²) in [5.41, 5.74) is 4.95.